The molecule has 0 aromatic carbocycles. The van der Waals surface area contributed by atoms with Crippen LogP contribution < -0.4 is 0 Å². The Bertz CT molecular complexity index is 504. The van der Waals surface area contributed by atoms with Crippen molar-refractivity contribution in [2.75, 3.05) is 26.2 Å². The summed E-state index contributed by atoms with van der Waals surface area (Å²) in [7, 11) is 0. The number of halogens is 3. The minimum absolute atomic E-state index is 0.0819. The molecule has 0 bridgehead atoms. The highest BCUT2D eigenvalue weighted by Crippen LogP contribution is 2.45. The number of hydrogen-bond acceptors (Lipinski definition) is 3. The molecule has 0 radical (unpaired) electrons. The molecule has 2 amide bonds. The summed E-state index contributed by atoms with van der Waals surface area (Å²) >= 11 is 0. The fourth-order valence-corrected chi connectivity index (χ4v) is 2.98. The number of amides is 2. The molecular formula is C16H25F3N2O4. The van der Waals surface area contributed by atoms with Crippen molar-refractivity contribution in [3.8, 4) is 0 Å². The molecule has 1 heterocycles. The Balaban J connectivity index is 2.65. The zero-order chi connectivity index (χ0) is 19.3. The fraction of sp³-hybridized carbons (Fsp3) is 0.812. The minimum Gasteiger partial charge on any atom is -0.481 e. The van der Waals surface area contributed by atoms with Gasteiger partial charge in [-0.05, 0) is 19.3 Å². The van der Waals surface area contributed by atoms with Gasteiger partial charge in [0.25, 0.3) is 0 Å². The topological polar surface area (TPSA) is 77.9 Å². The van der Waals surface area contributed by atoms with Crippen LogP contribution in [-0.4, -0.2) is 65.0 Å². The Morgan fingerprint density at radius 1 is 1.12 bits per heavy atom. The van der Waals surface area contributed by atoms with Gasteiger partial charge in [0.05, 0.1) is 0 Å². The van der Waals surface area contributed by atoms with Crippen molar-refractivity contribution < 1.29 is 32.7 Å². The highest BCUT2D eigenvalue weighted by atomic mass is 19.4. The van der Waals surface area contributed by atoms with Crippen LogP contribution in [0, 0.1) is 5.41 Å². The standard InChI is InChI=1S/C16H25F3N2O4/c1-3-8-20(9-4-2)12(22)5-6-13(23)21-10-7-15(11-21,14(24)25)16(17,18)19/h3-11H2,1-2H3,(H,24,25). The average molecular weight is 366 g/mol. The van der Waals surface area contributed by atoms with Crippen LogP contribution in [0.3, 0.4) is 0 Å². The molecule has 25 heavy (non-hydrogen) atoms. The second-order valence-corrected chi connectivity index (χ2v) is 6.33. The maximum Gasteiger partial charge on any atom is 0.406 e. The summed E-state index contributed by atoms with van der Waals surface area (Å²) in [6.07, 6.45) is -4.33. The summed E-state index contributed by atoms with van der Waals surface area (Å²) in [5.74, 6) is -2.80. The van der Waals surface area contributed by atoms with Gasteiger partial charge in [0.15, 0.2) is 5.41 Å². The molecule has 9 heteroatoms. The molecule has 0 aromatic rings. The number of aliphatic carboxylic acids is 1. The van der Waals surface area contributed by atoms with Crippen molar-refractivity contribution in [2.24, 2.45) is 5.41 Å². The number of carboxylic acid groups (broad SMARTS) is 1. The highest BCUT2D eigenvalue weighted by molar-refractivity contribution is 5.85. The van der Waals surface area contributed by atoms with E-state index < -0.39 is 36.4 Å². The Morgan fingerprint density at radius 3 is 2.08 bits per heavy atom. The van der Waals surface area contributed by atoms with Crippen molar-refractivity contribution in [1.29, 1.82) is 0 Å². The molecule has 144 valence electrons. The molecule has 1 saturated heterocycles. The van der Waals surface area contributed by atoms with Crippen molar-refractivity contribution in [3.63, 3.8) is 0 Å². The number of carbonyl (C=O) groups excluding carboxylic acids is 2. The lowest BCUT2D eigenvalue weighted by atomic mass is 9.86. The van der Waals surface area contributed by atoms with Crippen LogP contribution in [0.25, 0.3) is 0 Å². The largest absolute Gasteiger partial charge is 0.481 e. The van der Waals surface area contributed by atoms with E-state index in [4.69, 9.17) is 5.11 Å². The first-order valence-corrected chi connectivity index (χ1v) is 8.44. The van der Waals surface area contributed by atoms with Gasteiger partial charge >= 0.3 is 12.1 Å². The summed E-state index contributed by atoms with van der Waals surface area (Å²) in [4.78, 5) is 37.9. The summed E-state index contributed by atoms with van der Waals surface area (Å²) in [5, 5.41) is 8.99. The smallest absolute Gasteiger partial charge is 0.406 e. The van der Waals surface area contributed by atoms with Gasteiger partial charge in [-0.3, -0.25) is 14.4 Å². The summed E-state index contributed by atoms with van der Waals surface area (Å²) in [6.45, 7) is 3.82. The van der Waals surface area contributed by atoms with E-state index >= 15 is 0 Å². The lowest BCUT2D eigenvalue weighted by Crippen LogP contribution is -2.47. The molecule has 1 unspecified atom stereocenters. The van der Waals surface area contributed by atoms with Gasteiger partial charge in [0.1, 0.15) is 0 Å². The normalized spacial score (nSPS) is 20.6. The molecule has 0 aromatic heterocycles. The predicted octanol–water partition coefficient (Wildman–Crippen LogP) is 2.28. The Kier molecular flexibility index (Phi) is 7.25. The zero-order valence-electron chi connectivity index (χ0n) is 14.6. The third kappa shape index (κ3) is 4.85. The molecule has 6 nitrogen and oxygen atoms in total. The number of rotatable bonds is 8. The van der Waals surface area contributed by atoms with E-state index in [1.807, 2.05) is 13.8 Å². The predicted molar refractivity (Wildman–Crippen MR) is 83.7 cm³/mol. The molecule has 1 atom stereocenters. The fourth-order valence-electron chi connectivity index (χ4n) is 2.98. The van der Waals surface area contributed by atoms with Gasteiger partial charge in [-0.25, -0.2) is 0 Å². The van der Waals surface area contributed by atoms with E-state index in [0.717, 1.165) is 17.7 Å². The van der Waals surface area contributed by atoms with Crippen molar-refractivity contribution in [3.05, 3.63) is 0 Å². The van der Waals surface area contributed by atoms with E-state index in [1.165, 1.54) is 0 Å². The van der Waals surface area contributed by atoms with Crippen LogP contribution >= 0.6 is 0 Å². The van der Waals surface area contributed by atoms with Crippen LogP contribution in [0.4, 0.5) is 13.2 Å². The first-order chi connectivity index (χ1) is 11.6. The molecule has 0 saturated carbocycles. The molecule has 1 aliphatic rings. The number of nitrogens with zero attached hydrogens (tertiary/aromatic N) is 2. The molecule has 1 fully saturated rings. The summed E-state index contributed by atoms with van der Waals surface area (Å²) < 4.78 is 39.3. The van der Waals surface area contributed by atoms with Crippen LogP contribution in [-0.2, 0) is 14.4 Å². The van der Waals surface area contributed by atoms with Crippen LogP contribution in [0.1, 0.15) is 46.0 Å². The molecule has 1 rings (SSSR count). The Morgan fingerprint density at radius 2 is 1.68 bits per heavy atom. The molecule has 0 aliphatic carbocycles. The number of carboxylic acids is 1. The monoisotopic (exact) mass is 366 g/mol. The third-order valence-corrected chi connectivity index (χ3v) is 4.47. The number of carbonyl (C=O) groups is 3. The van der Waals surface area contributed by atoms with Crippen LogP contribution in [0.2, 0.25) is 0 Å². The first-order valence-electron chi connectivity index (χ1n) is 8.44. The number of likely N-dealkylation sites (tertiary alicyclic amines) is 1. The van der Waals surface area contributed by atoms with E-state index in [-0.39, 0.29) is 25.3 Å². The van der Waals surface area contributed by atoms with E-state index in [0.29, 0.717) is 13.1 Å². The number of hydrogen-bond donors (Lipinski definition) is 1. The molecular weight excluding hydrogens is 341 g/mol. The SMILES string of the molecule is CCCN(CCC)C(=O)CCC(=O)N1CCC(C(=O)O)(C(F)(F)F)C1. The third-order valence-electron chi connectivity index (χ3n) is 4.47. The Labute approximate surface area is 145 Å². The van der Waals surface area contributed by atoms with Gasteiger partial charge in [-0.15, -0.1) is 0 Å². The first kappa shape index (κ1) is 21.2. The molecule has 1 N–H and O–H groups in total. The molecule has 0 spiro atoms. The van der Waals surface area contributed by atoms with E-state index in [2.05, 4.69) is 0 Å². The van der Waals surface area contributed by atoms with E-state index in [1.54, 1.807) is 4.90 Å². The van der Waals surface area contributed by atoms with Crippen LogP contribution in [0.15, 0.2) is 0 Å². The van der Waals surface area contributed by atoms with Gasteiger partial charge in [0.2, 0.25) is 11.8 Å². The lowest BCUT2D eigenvalue weighted by molar-refractivity contribution is -0.227. The quantitative estimate of drug-likeness (QED) is 0.715. The Hall–Kier alpha value is -1.80. The second-order valence-electron chi connectivity index (χ2n) is 6.33. The average Bonchev–Trinajstić information content (AvgIpc) is 2.98. The van der Waals surface area contributed by atoms with E-state index in [9.17, 15) is 27.6 Å². The van der Waals surface area contributed by atoms with Crippen LogP contribution in [0.5, 0.6) is 0 Å². The van der Waals surface area contributed by atoms with Gasteiger partial charge < -0.3 is 14.9 Å². The van der Waals surface area contributed by atoms with Gasteiger partial charge in [-0.1, -0.05) is 13.8 Å². The number of alkyl halides is 3. The summed E-state index contributed by atoms with van der Waals surface area (Å²) in [5.41, 5.74) is -2.91. The van der Waals surface area contributed by atoms with Crippen molar-refractivity contribution >= 4 is 17.8 Å². The van der Waals surface area contributed by atoms with Crippen molar-refractivity contribution in [1.82, 2.24) is 9.80 Å². The maximum absolute atomic E-state index is 13.1. The van der Waals surface area contributed by atoms with Crippen molar-refractivity contribution in [2.45, 2.75) is 52.1 Å². The van der Waals surface area contributed by atoms with Gasteiger partial charge in [-0.2, -0.15) is 13.2 Å². The second kappa shape index (κ2) is 8.53. The maximum atomic E-state index is 13.1. The molecule has 1 aliphatic heterocycles. The lowest BCUT2D eigenvalue weighted by Gasteiger charge is -2.27. The van der Waals surface area contributed by atoms with Gasteiger partial charge in [0, 0.05) is 39.0 Å². The zero-order valence-corrected chi connectivity index (χ0v) is 14.6. The minimum atomic E-state index is -4.93. The summed E-state index contributed by atoms with van der Waals surface area (Å²) in [6, 6.07) is 0. The highest BCUT2D eigenvalue weighted by Gasteiger charge is 2.64.